The summed E-state index contributed by atoms with van der Waals surface area (Å²) in [6, 6.07) is 15.8. The van der Waals surface area contributed by atoms with Crippen molar-refractivity contribution < 1.29 is 23.5 Å². The molecule has 2 amide bonds. The first-order chi connectivity index (χ1) is 17.7. The van der Waals surface area contributed by atoms with E-state index in [-0.39, 0.29) is 43.8 Å². The first-order valence-corrected chi connectivity index (χ1v) is 12.7. The second kappa shape index (κ2) is 11.2. The molecule has 1 saturated heterocycles. The normalized spacial score (nSPS) is 19.6. The molecular formula is C30H35FN2O4. The van der Waals surface area contributed by atoms with E-state index >= 15 is 0 Å². The molecule has 0 saturated carbocycles. The summed E-state index contributed by atoms with van der Waals surface area (Å²) in [4.78, 5) is 27.1. The van der Waals surface area contributed by atoms with Gasteiger partial charge in [0.15, 0.2) is 0 Å². The Hall–Kier alpha value is -3.61. The predicted molar refractivity (Wildman–Crippen MR) is 142 cm³/mol. The van der Waals surface area contributed by atoms with Gasteiger partial charge in [-0.1, -0.05) is 60.7 Å². The molecule has 1 fully saturated rings. The summed E-state index contributed by atoms with van der Waals surface area (Å²) in [7, 11) is 0. The van der Waals surface area contributed by atoms with Crippen LogP contribution in [0.3, 0.4) is 0 Å². The fourth-order valence-corrected chi connectivity index (χ4v) is 5.03. The van der Waals surface area contributed by atoms with Crippen molar-refractivity contribution >= 4 is 12.2 Å². The fourth-order valence-electron chi connectivity index (χ4n) is 5.03. The van der Waals surface area contributed by atoms with Crippen LogP contribution in [0.2, 0.25) is 0 Å². The standard InChI is InChI=1S/C30H35FN2O4/c1-5-6-11-21(31)16-20-17-33(29(35)37-30(2,3)4)18-27(20)32-28(34)36-19-26-24-14-9-7-12-22(24)23-13-8-10-15-25(23)26/h5-15,20,26-27H,16-19H2,1-4H3,(H,32,34). The zero-order valence-electron chi connectivity index (χ0n) is 21.9. The minimum Gasteiger partial charge on any atom is -0.449 e. The van der Waals surface area contributed by atoms with Crippen LogP contribution < -0.4 is 5.32 Å². The van der Waals surface area contributed by atoms with Gasteiger partial charge in [-0.15, -0.1) is 0 Å². The predicted octanol–water partition coefficient (Wildman–Crippen LogP) is 6.58. The van der Waals surface area contributed by atoms with Crippen LogP contribution >= 0.6 is 0 Å². The third-order valence-corrected chi connectivity index (χ3v) is 6.67. The largest absolute Gasteiger partial charge is 0.449 e. The number of hydrogen-bond acceptors (Lipinski definition) is 4. The number of ether oxygens (including phenoxy) is 2. The molecule has 2 aliphatic rings. The highest BCUT2D eigenvalue weighted by atomic mass is 19.1. The van der Waals surface area contributed by atoms with Gasteiger partial charge in [0.25, 0.3) is 0 Å². The summed E-state index contributed by atoms with van der Waals surface area (Å²) in [5.74, 6) is -0.681. The number of benzene rings is 2. The first kappa shape index (κ1) is 26.5. The number of rotatable bonds is 6. The number of carbonyl (C=O) groups is 2. The van der Waals surface area contributed by atoms with Crippen LogP contribution in [0, 0.1) is 5.92 Å². The van der Waals surface area contributed by atoms with Crippen LogP contribution in [-0.2, 0) is 9.47 Å². The van der Waals surface area contributed by atoms with E-state index in [9.17, 15) is 14.0 Å². The van der Waals surface area contributed by atoms with Crippen molar-refractivity contribution in [2.75, 3.05) is 19.7 Å². The summed E-state index contributed by atoms with van der Waals surface area (Å²) in [6.45, 7) is 7.88. The van der Waals surface area contributed by atoms with Gasteiger partial charge in [-0.05, 0) is 56.0 Å². The SMILES string of the molecule is CC=CC=C(F)CC1CN(C(=O)OC(C)(C)C)CC1NC(=O)OCC1c2ccccc2-c2ccccc21. The lowest BCUT2D eigenvalue weighted by Gasteiger charge is -2.24. The van der Waals surface area contributed by atoms with Crippen LogP contribution in [0.25, 0.3) is 11.1 Å². The van der Waals surface area contributed by atoms with Crippen molar-refractivity contribution in [1.82, 2.24) is 10.2 Å². The van der Waals surface area contributed by atoms with Gasteiger partial charge in [-0.3, -0.25) is 0 Å². The highest BCUT2D eigenvalue weighted by molar-refractivity contribution is 5.79. The van der Waals surface area contributed by atoms with E-state index in [2.05, 4.69) is 29.6 Å². The molecule has 4 rings (SSSR count). The van der Waals surface area contributed by atoms with E-state index in [1.165, 1.54) is 11.0 Å². The maximum absolute atomic E-state index is 14.5. The zero-order chi connectivity index (χ0) is 26.6. The van der Waals surface area contributed by atoms with E-state index in [4.69, 9.17) is 9.47 Å². The topological polar surface area (TPSA) is 67.9 Å². The fraction of sp³-hybridized carbons (Fsp3) is 0.400. The number of nitrogens with one attached hydrogen (secondary N) is 1. The quantitative estimate of drug-likeness (QED) is 0.450. The first-order valence-electron chi connectivity index (χ1n) is 12.7. The highest BCUT2D eigenvalue weighted by Gasteiger charge is 2.39. The van der Waals surface area contributed by atoms with Crippen molar-refractivity contribution in [2.24, 2.45) is 5.92 Å². The molecule has 0 spiro atoms. The number of alkyl carbamates (subject to hydrolysis) is 1. The summed E-state index contributed by atoms with van der Waals surface area (Å²) in [6.07, 6.45) is 3.81. The Morgan fingerprint density at radius 3 is 2.27 bits per heavy atom. The maximum Gasteiger partial charge on any atom is 0.410 e. The molecule has 1 N–H and O–H groups in total. The van der Waals surface area contributed by atoms with Crippen LogP contribution in [0.1, 0.15) is 51.2 Å². The van der Waals surface area contributed by atoms with Gasteiger partial charge < -0.3 is 19.7 Å². The molecule has 1 aliphatic carbocycles. The summed E-state index contributed by atoms with van der Waals surface area (Å²) < 4.78 is 25.7. The number of likely N-dealkylation sites (tertiary alicyclic amines) is 1. The lowest BCUT2D eigenvalue weighted by Crippen LogP contribution is -2.42. The van der Waals surface area contributed by atoms with Gasteiger partial charge in [-0.2, -0.15) is 0 Å². The molecule has 7 heteroatoms. The van der Waals surface area contributed by atoms with Crippen molar-refractivity contribution in [3.63, 3.8) is 0 Å². The Morgan fingerprint density at radius 1 is 1.05 bits per heavy atom. The zero-order valence-corrected chi connectivity index (χ0v) is 21.9. The Kier molecular flexibility index (Phi) is 8.00. The van der Waals surface area contributed by atoms with Crippen LogP contribution in [-0.4, -0.2) is 48.4 Å². The molecule has 0 aromatic heterocycles. The minimum atomic E-state index is -0.651. The third-order valence-electron chi connectivity index (χ3n) is 6.67. The van der Waals surface area contributed by atoms with Gasteiger partial charge in [0, 0.05) is 31.3 Å². The molecular weight excluding hydrogens is 471 g/mol. The summed E-state index contributed by atoms with van der Waals surface area (Å²) >= 11 is 0. The van der Waals surface area contributed by atoms with Crippen molar-refractivity contribution in [3.8, 4) is 11.1 Å². The molecule has 2 atom stereocenters. The highest BCUT2D eigenvalue weighted by Crippen LogP contribution is 2.44. The maximum atomic E-state index is 14.5. The van der Waals surface area contributed by atoms with E-state index in [0.29, 0.717) is 0 Å². The van der Waals surface area contributed by atoms with Gasteiger partial charge in [0.2, 0.25) is 0 Å². The van der Waals surface area contributed by atoms with Crippen LogP contribution in [0.5, 0.6) is 0 Å². The van der Waals surface area contributed by atoms with E-state index < -0.39 is 23.8 Å². The van der Waals surface area contributed by atoms with Gasteiger partial charge in [-0.25, -0.2) is 14.0 Å². The Morgan fingerprint density at radius 2 is 1.68 bits per heavy atom. The molecule has 6 nitrogen and oxygen atoms in total. The second-order valence-corrected chi connectivity index (χ2v) is 10.6. The third kappa shape index (κ3) is 6.40. The monoisotopic (exact) mass is 506 g/mol. The molecule has 37 heavy (non-hydrogen) atoms. The van der Waals surface area contributed by atoms with Crippen LogP contribution in [0.4, 0.5) is 14.0 Å². The number of fused-ring (bicyclic) bond motifs is 3. The average molecular weight is 507 g/mol. The number of halogens is 1. The molecule has 1 heterocycles. The van der Waals surface area contributed by atoms with Crippen molar-refractivity contribution in [3.05, 3.63) is 83.7 Å². The van der Waals surface area contributed by atoms with E-state index in [1.807, 2.05) is 31.2 Å². The number of amides is 2. The second-order valence-electron chi connectivity index (χ2n) is 10.6. The average Bonchev–Trinajstić information content (AvgIpc) is 3.39. The van der Waals surface area contributed by atoms with Crippen LogP contribution in [0.15, 0.2) is 72.6 Å². The van der Waals surface area contributed by atoms with Gasteiger partial charge in [0.1, 0.15) is 18.0 Å². The number of hydrogen-bond donors (Lipinski definition) is 1. The molecule has 196 valence electrons. The van der Waals surface area contributed by atoms with Gasteiger partial charge in [0.05, 0.1) is 6.04 Å². The number of allylic oxidation sites excluding steroid dienone is 4. The van der Waals surface area contributed by atoms with E-state index in [1.54, 1.807) is 32.9 Å². The molecule has 2 aromatic rings. The lowest BCUT2D eigenvalue weighted by atomic mass is 9.98. The summed E-state index contributed by atoms with van der Waals surface area (Å²) in [5, 5.41) is 2.89. The van der Waals surface area contributed by atoms with Gasteiger partial charge >= 0.3 is 12.2 Å². The Labute approximate surface area is 218 Å². The van der Waals surface area contributed by atoms with E-state index in [0.717, 1.165) is 22.3 Å². The molecule has 1 aliphatic heterocycles. The molecule has 2 unspecified atom stereocenters. The number of nitrogens with zero attached hydrogens (tertiary/aromatic N) is 1. The van der Waals surface area contributed by atoms with Crippen molar-refractivity contribution in [1.29, 1.82) is 0 Å². The Bertz CT molecular complexity index is 1150. The molecule has 0 bridgehead atoms. The lowest BCUT2D eigenvalue weighted by molar-refractivity contribution is 0.0284. The molecule has 2 aromatic carbocycles. The smallest absolute Gasteiger partial charge is 0.410 e. The number of carbonyl (C=O) groups excluding carboxylic acids is 2. The molecule has 0 radical (unpaired) electrons. The Balaban J connectivity index is 1.43. The summed E-state index contributed by atoms with van der Waals surface area (Å²) in [5.41, 5.74) is 3.91. The van der Waals surface area contributed by atoms with Crippen molar-refractivity contribution in [2.45, 2.75) is 51.7 Å². The minimum absolute atomic E-state index is 0.0583.